The van der Waals surface area contributed by atoms with E-state index in [9.17, 15) is 0 Å². The Bertz CT molecular complexity index is 501. The van der Waals surface area contributed by atoms with Crippen molar-refractivity contribution in [2.24, 2.45) is 10.7 Å². The van der Waals surface area contributed by atoms with Crippen molar-refractivity contribution in [3.63, 3.8) is 0 Å². The van der Waals surface area contributed by atoms with Crippen molar-refractivity contribution < 1.29 is 0 Å². The predicted octanol–water partition coefficient (Wildman–Crippen LogP) is 2.25. The molecule has 24 heavy (non-hydrogen) atoms. The highest BCUT2D eigenvalue weighted by Gasteiger charge is 2.22. The topological polar surface area (TPSA) is 56.9 Å². The van der Waals surface area contributed by atoms with Gasteiger partial charge in [-0.15, -0.1) is 24.0 Å². The van der Waals surface area contributed by atoms with Gasteiger partial charge in [-0.3, -0.25) is 4.90 Å². The molecule has 1 aromatic carbocycles. The van der Waals surface area contributed by atoms with Crippen LogP contribution in [0.4, 0.5) is 0 Å². The fourth-order valence-electron chi connectivity index (χ4n) is 3.11. The summed E-state index contributed by atoms with van der Waals surface area (Å²) in [6, 6.07) is 9.17. The van der Waals surface area contributed by atoms with Gasteiger partial charge in [-0.25, -0.2) is 4.99 Å². The van der Waals surface area contributed by atoms with Crippen LogP contribution in [0.1, 0.15) is 30.9 Å². The SMILES string of the molecule is CCN1CCCC1CNC(N)=NCc1ccc(CN(C)C)cc1.I. The molecule has 6 heteroatoms. The molecule has 0 bridgehead atoms. The van der Waals surface area contributed by atoms with E-state index in [2.05, 4.69) is 65.4 Å². The van der Waals surface area contributed by atoms with E-state index in [1.165, 1.54) is 30.5 Å². The second kappa shape index (κ2) is 10.9. The number of halogens is 1. The third-order valence-electron chi connectivity index (χ3n) is 4.38. The first-order valence-electron chi connectivity index (χ1n) is 8.59. The van der Waals surface area contributed by atoms with E-state index in [0.717, 1.165) is 19.6 Å². The highest BCUT2D eigenvalue weighted by atomic mass is 127. The van der Waals surface area contributed by atoms with Gasteiger partial charge in [0, 0.05) is 19.1 Å². The highest BCUT2D eigenvalue weighted by molar-refractivity contribution is 14.0. The highest BCUT2D eigenvalue weighted by Crippen LogP contribution is 2.15. The maximum Gasteiger partial charge on any atom is 0.188 e. The molecule has 136 valence electrons. The summed E-state index contributed by atoms with van der Waals surface area (Å²) >= 11 is 0. The average molecular weight is 445 g/mol. The summed E-state index contributed by atoms with van der Waals surface area (Å²) in [5.41, 5.74) is 8.50. The molecule has 1 aliphatic heterocycles. The lowest BCUT2D eigenvalue weighted by Crippen LogP contribution is -2.42. The standard InChI is InChI=1S/C18H31N5.HI/c1-4-23-11-5-6-17(23)13-21-18(19)20-12-15-7-9-16(10-8-15)14-22(2)3;/h7-10,17H,4-6,11-14H2,1-3H3,(H3,19,20,21);1H. The van der Waals surface area contributed by atoms with E-state index in [-0.39, 0.29) is 24.0 Å². The summed E-state index contributed by atoms with van der Waals surface area (Å²) in [5, 5.41) is 3.28. The molecular formula is C18H32IN5. The number of nitrogens with two attached hydrogens (primary N) is 1. The molecule has 0 radical (unpaired) electrons. The van der Waals surface area contributed by atoms with Crippen LogP contribution in [0.5, 0.6) is 0 Å². The number of aliphatic imine (C=N–C) groups is 1. The normalized spacial score (nSPS) is 18.7. The number of likely N-dealkylation sites (tertiary alicyclic amines) is 1. The first-order valence-corrected chi connectivity index (χ1v) is 8.59. The maximum atomic E-state index is 6.00. The Morgan fingerprint density at radius 2 is 1.96 bits per heavy atom. The number of hydrogen-bond acceptors (Lipinski definition) is 3. The molecule has 0 amide bonds. The van der Waals surface area contributed by atoms with Crippen molar-refractivity contribution in [2.45, 2.75) is 38.9 Å². The van der Waals surface area contributed by atoms with E-state index in [1.54, 1.807) is 0 Å². The first kappa shape index (κ1) is 21.2. The van der Waals surface area contributed by atoms with Gasteiger partial charge < -0.3 is 16.0 Å². The first-order chi connectivity index (χ1) is 11.1. The van der Waals surface area contributed by atoms with Crippen molar-refractivity contribution in [1.82, 2.24) is 15.1 Å². The van der Waals surface area contributed by atoms with Gasteiger partial charge >= 0.3 is 0 Å². The Kier molecular flexibility index (Phi) is 9.61. The fourth-order valence-corrected chi connectivity index (χ4v) is 3.11. The lowest BCUT2D eigenvalue weighted by atomic mass is 10.1. The van der Waals surface area contributed by atoms with E-state index in [0.29, 0.717) is 18.5 Å². The molecule has 2 rings (SSSR count). The zero-order chi connectivity index (χ0) is 16.7. The Labute approximate surface area is 163 Å². The number of nitrogens with one attached hydrogen (secondary N) is 1. The Morgan fingerprint density at radius 1 is 1.29 bits per heavy atom. The van der Waals surface area contributed by atoms with Crippen LogP contribution in [0.3, 0.4) is 0 Å². The summed E-state index contributed by atoms with van der Waals surface area (Å²) in [5.74, 6) is 0.547. The van der Waals surface area contributed by atoms with E-state index in [1.807, 2.05) is 0 Å². The number of benzene rings is 1. The summed E-state index contributed by atoms with van der Waals surface area (Å²) < 4.78 is 0. The Hall–Kier alpha value is -0.860. The maximum absolute atomic E-state index is 6.00. The molecule has 1 atom stereocenters. The van der Waals surface area contributed by atoms with Crippen LogP contribution >= 0.6 is 24.0 Å². The summed E-state index contributed by atoms with van der Waals surface area (Å²) in [6.45, 7) is 7.02. The van der Waals surface area contributed by atoms with Crippen LogP contribution in [0.2, 0.25) is 0 Å². The van der Waals surface area contributed by atoms with Gasteiger partial charge in [-0.2, -0.15) is 0 Å². The minimum Gasteiger partial charge on any atom is -0.370 e. The Morgan fingerprint density at radius 3 is 2.58 bits per heavy atom. The van der Waals surface area contributed by atoms with Crippen LogP contribution in [0.15, 0.2) is 29.3 Å². The molecule has 1 aromatic rings. The minimum absolute atomic E-state index is 0. The number of likely N-dealkylation sites (N-methyl/N-ethyl adjacent to an activating group) is 1. The molecule has 1 aliphatic rings. The zero-order valence-corrected chi connectivity index (χ0v) is 17.5. The third kappa shape index (κ3) is 6.94. The lowest BCUT2D eigenvalue weighted by molar-refractivity contribution is 0.267. The molecule has 0 spiro atoms. The van der Waals surface area contributed by atoms with Crippen LogP contribution in [-0.2, 0) is 13.1 Å². The van der Waals surface area contributed by atoms with Crippen LogP contribution in [-0.4, -0.2) is 55.5 Å². The minimum atomic E-state index is 0. The van der Waals surface area contributed by atoms with Crippen molar-refractivity contribution in [2.75, 3.05) is 33.7 Å². The summed E-state index contributed by atoms with van der Waals surface area (Å²) in [7, 11) is 4.16. The molecule has 1 saturated heterocycles. The molecule has 1 heterocycles. The Balaban J connectivity index is 0.00000288. The molecule has 3 N–H and O–H groups in total. The quantitative estimate of drug-likeness (QED) is 0.384. The van der Waals surface area contributed by atoms with Gasteiger partial charge in [-0.05, 0) is 51.2 Å². The number of guanidine groups is 1. The van der Waals surface area contributed by atoms with Gasteiger partial charge in [0.1, 0.15) is 0 Å². The molecule has 1 unspecified atom stereocenters. The number of nitrogens with zero attached hydrogens (tertiary/aromatic N) is 3. The zero-order valence-electron chi connectivity index (χ0n) is 15.2. The monoisotopic (exact) mass is 445 g/mol. The molecule has 1 fully saturated rings. The number of hydrogen-bond donors (Lipinski definition) is 2. The molecule has 0 aliphatic carbocycles. The van der Waals surface area contributed by atoms with Crippen LogP contribution in [0.25, 0.3) is 0 Å². The molecule has 5 nitrogen and oxygen atoms in total. The fraction of sp³-hybridized carbons (Fsp3) is 0.611. The predicted molar refractivity (Wildman–Crippen MR) is 113 cm³/mol. The summed E-state index contributed by atoms with van der Waals surface area (Å²) in [4.78, 5) is 9.12. The lowest BCUT2D eigenvalue weighted by Gasteiger charge is -2.23. The van der Waals surface area contributed by atoms with Crippen molar-refractivity contribution >= 4 is 29.9 Å². The molecular weight excluding hydrogens is 413 g/mol. The molecule has 0 aromatic heterocycles. The van der Waals surface area contributed by atoms with Crippen molar-refractivity contribution in [3.05, 3.63) is 35.4 Å². The van der Waals surface area contributed by atoms with Crippen molar-refractivity contribution in [3.8, 4) is 0 Å². The smallest absolute Gasteiger partial charge is 0.188 e. The van der Waals surface area contributed by atoms with E-state index < -0.39 is 0 Å². The van der Waals surface area contributed by atoms with Gasteiger partial charge in [0.2, 0.25) is 0 Å². The van der Waals surface area contributed by atoms with Crippen molar-refractivity contribution in [1.29, 1.82) is 0 Å². The largest absolute Gasteiger partial charge is 0.370 e. The summed E-state index contributed by atoms with van der Waals surface area (Å²) in [6.07, 6.45) is 2.54. The number of rotatable bonds is 7. The van der Waals surface area contributed by atoms with Gasteiger partial charge in [0.05, 0.1) is 6.54 Å². The molecule has 0 saturated carbocycles. The van der Waals surface area contributed by atoms with E-state index in [4.69, 9.17) is 5.73 Å². The van der Waals surface area contributed by atoms with E-state index >= 15 is 0 Å². The second-order valence-electron chi connectivity index (χ2n) is 6.56. The third-order valence-corrected chi connectivity index (χ3v) is 4.38. The van der Waals surface area contributed by atoms with Crippen LogP contribution in [0, 0.1) is 0 Å². The van der Waals surface area contributed by atoms with Gasteiger partial charge in [0.15, 0.2) is 5.96 Å². The second-order valence-corrected chi connectivity index (χ2v) is 6.56. The van der Waals surface area contributed by atoms with Crippen LogP contribution < -0.4 is 11.1 Å². The van der Waals surface area contributed by atoms with Gasteiger partial charge in [-0.1, -0.05) is 31.2 Å². The average Bonchev–Trinajstić information content (AvgIpc) is 2.99. The van der Waals surface area contributed by atoms with Gasteiger partial charge in [0.25, 0.3) is 0 Å².